The van der Waals surface area contributed by atoms with Gasteiger partial charge in [0.25, 0.3) is 0 Å². The molecule has 1 heterocycles. The number of methoxy groups -OCH3 is 3. The van der Waals surface area contributed by atoms with Crippen molar-refractivity contribution in [3.05, 3.63) is 18.0 Å². The molecule has 0 aliphatic carbocycles. The lowest BCUT2D eigenvalue weighted by Crippen LogP contribution is -1.95. The lowest BCUT2D eigenvalue weighted by Gasteiger charge is -2.12. The molecule has 2 aromatic rings. The van der Waals surface area contributed by atoms with Gasteiger partial charge in [-0.2, -0.15) is 0 Å². The quantitative estimate of drug-likeness (QED) is 0.790. The average molecular weight is 299 g/mol. The van der Waals surface area contributed by atoms with E-state index < -0.39 is 0 Å². The summed E-state index contributed by atoms with van der Waals surface area (Å²) in [5.74, 6) is 2.23. The van der Waals surface area contributed by atoms with Crippen molar-refractivity contribution in [1.29, 1.82) is 0 Å². The minimum atomic E-state index is -0.349. The number of halogens is 1. The first kappa shape index (κ1) is 14.5. The lowest BCUT2D eigenvalue weighted by molar-refractivity contribution is 0.324. The van der Waals surface area contributed by atoms with Crippen molar-refractivity contribution < 1.29 is 18.6 Å². The summed E-state index contributed by atoms with van der Waals surface area (Å²) in [5.41, 5.74) is 0.663. The molecule has 6 nitrogen and oxygen atoms in total. The number of aromatic nitrogens is 2. The van der Waals surface area contributed by atoms with Gasteiger partial charge in [0.1, 0.15) is 5.38 Å². The molecule has 2 rings (SSSR count). The van der Waals surface area contributed by atoms with Crippen LogP contribution in [0.3, 0.4) is 0 Å². The van der Waals surface area contributed by atoms with E-state index in [4.69, 9.17) is 30.2 Å². The maximum Gasteiger partial charge on any atom is 0.248 e. The van der Waals surface area contributed by atoms with Gasteiger partial charge in [0.15, 0.2) is 11.5 Å². The van der Waals surface area contributed by atoms with Crippen molar-refractivity contribution >= 4 is 11.6 Å². The van der Waals surface area contributed by atoms with E-state index in [0.717, 1.165) is 0 Å². The second kappa shape index (κ2) is 6.00. The molecule has 0 saturated carbocycles. The third kappa shape index (κ3) is 2.65. The highest BCUT2D eigenvalue weighted by molar-refractivity contribution is 6.20. The molecular formula is C13H15ClN2O4. The van der Waals surface area contributed by atoms with Gasteiger partial charge >= 0.3 is 0 Å². The van der Waals surface area contributed by atoms with Crippen LogP contribution >= 0.6 is 11.6 Å². The third-order valence-corrected chi connectivity index (χ3v) is 2.88. The summed E-state index contributed by atoms with van der Waals surface area (Å²) in [6.07, 6.45) is 0. The summed E-state index contributed by atoms with van der Waals surface area (Å²) in [4.78, 5) is 0. The molecule has 0 aliphatic rings. The fraction of sp³-hybridized carbons (Fsp3) is 0.385. The molecule has 20 heavy (non-hydrogen) atoms. The highest BCUT2D eigenvalue weighted by Gasteiger charge is 2.18. The molecule has 0 amide bonds. The number of ether oxygens (including phenoxy) is 3. The molecule has 0 spiro atoms. The molecule has 0 radical (unpaired) electrons. The molecule has 1 atom stereocenters. The van der Waals surface area contributed by atoms with Crippen molar-refractivity contribution in [2.45, 2.75) is 12.3 Å². The van der Waals surface area contributed by atoms with Crippen LogP contribution in [0.2, 0.25) is 0 Å². The Morgan fingerprint density at radius 3 is 2.05 bits per heavy atom. The van der Waals surface area contributed by atoms with E-state index in [2.05, 4.69) is 10.2 Å². The number of alkyl halides is 1. The van der Waals surface area contributed by atoms with Gasteiger partial charge in [-0.25, -0.2) is 0 Å². The van der Waals surface area contributed by atoms with E-state index in [1.54, 1.807) is 40.4 Å². The van der Waals surface area contributed by atoms with Gasteiger partial charge in [0, 0.05) is 5.56 Å². The maximum atomic E-state index is 5.90. The Bertz CT molecular complexity index is 573. The van der Waals surface area contributed by atoms with Crippen LogP contribution in [0.5, 0.6) is 17.2 Å². The number of benzene rings is 1. The third-order valence-electron chi connectivity index (χ3n) is 2.69. The standard InChI is InChI=1S/C13H15ClN2O4/c1-7(14)12-15-16-13(20-12)8-5-9(17-2)11(19-4)10(6-8)18-3/h5-7H,1-4H3. The van der Waals surface area contributed by atoms with Gasteiger partial charge in [-0.15, -0.1) is 21.8 Å². The summed E-state index contributed by atoms with van der Waals surface area (Å²) in [7, 11) is 4.63. The van der Waals surface area contributed by atoms with Crippen molar-refractivity contribution in [2.75, 3.05) is 21.3 Å². The van der Waals surface area contributed by atoms with Gasteiger partial charge in [-0.1, -0.05) is 0 Å². The maximum absolute atomic E-state index is 5.90. The summed E-state index contributed by atoms with van der Waals surface area (Å²) >= 11 is 5.90. The van der Waals surface area contributed by atoms with Crippen LogP contribution < -0.4 is 14.2 Å². The Hall–Kier alpha value is -1.95. The zero-order valence-corrected chi connectivity index (χ0v) is 12.4. The predicted octanol–water partition coefficient (Wildman–Crippen LogP) is 3.06. The fourth-order valence-electron chi connectivity index (χ4n) is 1.72. The zero-order valence-electron chi connectivity index (χ0n) is 11.6. The molecule has 0 N–H and O–H groups in total. The van der Waals surface area contributed by atoms with E-state index >= 15 is 0 Å². The molecule has 0 fully saturated rings. The normalized spacial score (nSPS) is 12.1. The van der Waals surface area contributed by atoms with Gasteiger partial charge in [-0.3, -0.25) is 0 Å². The molecular weight excluding hydrogens is 284 g/mol. The minimum absolute atomic E-state index is 0.340. The van der Waals surface area contributed by atoms with Crippen LogP contribution in [0.1, 0.15) is 18.2 Å². The number of hydrogen-bond acceptors (Lipinski definition) is 6. The Morgan fingerprint density at radius 2 is 1.65 bits per heavy atom. The van der Waals surface area contributed by atoms with Crippen LogP contribution in [0.15, 0.2) is 16.5 Å². The number of hydrogen-bond donors (Lipinski definition) is 0. The van der Waals surface area contributed by atoms with Crippen LogP contribution in [0.25, 0.3) is 11.5 Å². The minimum Gasteiger partial charge on any atom is -0.493 e. The monoisotopic (exact) mass is 298 g/mol. The number of nitrogens with zero attached hydrogens (tertiary/aromatic N) is 2. The average Bonchev–Trinajstić information content (AvgIpc) is 2.95. The highest BCUT2D eigenvalue weighted by Crippen LogP contribution is 2.41. The van der Waals surface area contributed by atoms with Crippen molar-refractivity contribution in [1.82, 2.24) is 10.2 Å². The summed E-state index contributed by atoms with van der Waals surface area (Å²) in [5, 5.41) is 7.50. The van der Waals surface area contributed by atoms with E-state index in [0.29, 0.717) is 34.6 Å². The first-order valence-electron chi connectivity index (χ1n) is 5.88. The van der Waals surface area contributed by atoms with Crippen LogP contribution in [-0.4, -0.2) is 31.5 Å². The Kier molecular flexibility index (Phi) is 4.34. The lowest BCUT2D eigenvalue weighted by atomic mass is 10.2. The van der Waals surface area contributed by atoms with E-state index in [9.17, 15) is 0 Å². The first-order valence-corrected chi connectivity index (χ1v) is 6.32. The zero-order chi connectivity index (χ0) is 14.7. The van der Waals surface area contributed by atoms with E-state index in [1.165, 1.54) is 0 Å². The van der Waals surface area contributed by atoms with Crippen LogP contribution in [0, 0.1) is 0 Å². The van der Waals surface area contributed by atoms with Crippen LogP contribution in [-0.2, 0) is 0 Å². The second-order valence-corrected chi connectivity index (χ2v) is 4.63. The molecule has 0 saturated heterocycles. The number of rotatable bonds is 5. The highest BCUT2D eigenvalue weighted by atomic mass is 35.5. The summed E-state index contributed by atoms with van der Waals surface area (Å²) < 4.78 is 21.3. The largest absolute Gasteiger partial charge is 0.493 e. The Balaban J connectivity index is 2.50. The smallest absolute Gasteiger partial charge is 0.248 e. The van der Waals surface area contributed by atoms with Crippen LogP contribution in [0.4, 0.5) is 0 Å². The van der Waals surface area contributed by atoms with Crippen molar-refractivity contribution in [3.8, 4) is 28.7 Å². The Morgan fingerprint density at radius 1 is 1.05 bits per heavy atom. The van der Waals surface area contributed by atoms with Crippen molar-refractivity contribution in [3.63, 3.8) is 0 Å². The molecule has 1 aromatic carbocycles. The molecule has 0 bridgehead atoms. The summed E-state index contributed by atoms with van der Waals surface area (Å²) in [6.45, 7) is 1.76. The summed E-state index contributed by atoms with van der Waals surface area (Å²) in [6, 6.07) is 3.47. The first-order chi connectivity index (χ1) is 9.60. The molecule has 0 aliphatic heterocycles. The topological polar surface area (TPSA) is 66.6 Å². The predicted molar refractivity (Wildman–Crippen MR) is 73.7 cm³/mol. The molecule has 1 aromatic heterocycles. The van der Waals surface area contributed by atoms with Gasteiger partial charge in [0.05, 0.1) is 21.3 Å². The van der Waals surface area contributed by atoms with Gasteiger partial charge < -0.3 is 18.6 Å². The van der Waals surface area contributed by atoms with Crippen molar-refractivity contribution in [2.24, 2.45) is 0 Å². The molecule has 7 heteroatoms. The van der Waals surface area contributed by atoms with Gasteiger partial charge in [-0.05, 0) is 19.1 Å². The van der Waals surface area contributed by atoms with Gasteiger partial charge in [0.2, 0.25) is 17.5 Å². The SMILES string of the molecule is COc1cc(-c2nnc(C(C)Cl)o2)cc(OC)c1OC. The molecule has 108 valence electrons. The second-order valence-electron chi connectivity index (χ2n) is 3.98. The van der Waals surface area contributed by atoms with E-state index in [-0.39, 0.29) is 5.38 Å². The fourth-order valence-corrected chi connectivity index (χ4v) is 1.80. The Labute approximate surface area is 121 Å². The molecule has 1 unspecified atom stereocenters. The van der Waals surface area contributed by atoms with E-state index in [1.807, 2.05) is 0 Å².